The monoisotopic (exact) mass is 189 g/mol. The van der Waals surface area contributed by atoms with Crippen molar-refractivity contribution in [1.82, 2.24) is 4.98 Å². The van der Waals surface area contributed by atoms with E-state index < -0.39 is 9.84 Å². The molecule has 0 saturated heterocycles. The predicted molar refractivity (Wildman–Crippen MR) is 44.5 cm³/mol. The van der Waals surface area contributed by atoms with Crippen molar-refractivity contribution in [3.63, 3.8) is 0 Å². The first-order chi connectivity index (χ1) is 5.67. The number of aliphatic hydroxyl groups is 1. The van der Waals surface area contributed by atoms with Gasteiger partial charge in [0.25, 0.3) is 0 Å². The van der Waals surface area contributed by atoms with E-state index in [9.17, 15) is 8.42 Å². The summed E-state index contributed by atoms with van der Waals surface area (Å²) in [6.45, 7) is -0.0936. The van der Waals surface area contributed by atoms with Crippen LogP contribution in [0.15, 0.2) is 23.4 Å². The largest absolute Gasteiger partial charge is 0.396 e. The highest BCUT2D eigenvalue weighted by Crippen LogP contribution is 2.09. The Morgan fingerprint density at radius 2 is 2.25 bits per heavy atom. The van der Waals surface area contributed by atoms with E-state index in [1.54, 1.807) is 6.20 Å². The Hall–Kier alpha value is -0.810. The van der Waals surface area contributed by atoms with Crippen LogP contribution in [-0.2, 0) is 9.84 Å². The number of aliphatic hydroxyl groups excluding tert-OH is 1. The SMILES string of the molecule is O=S(=O)(CCCO)c1cc[nH]c1. The molecule has 0 aliphatic carbocycles. The van der Waals surface area contributed by atoms with Gasteiger partial charge in [0.15, 0.2) is 9.84 Å². The van der Waals surface area contributed by atoms with Crippen molar-refractivity contribution < 1.29 is 13.5 Å². The molecule has 4 nitrogen and oxygen atoms in total. The topological polar surface area (TPSA) is 70.2 Å². The zero-order valence-electron chi connectivity index (χ0n) is 6.53. The molecule has 0 aromatic carbocycles. The second-order valence-electron chi connectivity index (χ2n) is 2.44. The van der Waals surface area contributed by atoms with E-state index in [1.165, 1.54) is 12.3 Å². The third-order valence-corrected chi connectivity index (χ3v) is 3.30. The van der Waals surface area contributed by atoms with Gasteiger partial charge in [-0.25, -0.2) is 8.42 Å². The van der Waals surface area contributed by atoms with Crippen LogP contribution in [-0.4, -0.2) is 30.9 Å². The van der Waals surface area contributed by atoms with E-state index >= 15 is 0 Å². The Balaban J connectivity index is 2.74. The van der Waals surface area contributed by atoms with Gasteiger partial charge >= 0.3 is 0 Å². The second-order valence-corrected chi connectivity index (χ2v) is 4.55. The molecule has 0 radical (unpaired) electrons. The maximum atomic E-state index is 11.3. The molecule has 0 aliphatic heterocycles. The second kappa shape index (κ2) is 3.73. The maximum absolute atomic E-state index is 11.3. The average molecular weight is 189 g/mol. The lowest BCUT2D eigenvalue weighted by Gasteiger charge is -1.98. The minimum Gasteiger partial charge on any atom is -0.396 e. The summed E-state index contributed by atoms with van der Waals surface area (Å²) in [6.07, 6.45) is 3.28. The van der Waals surface area contributed by atoms with Gasteiger partial charge in [0.1, 0.15) is 0 Å². The highest BCUT2D eigenvalue weighted by atomic mass is 32.2. The predicted octanol–water partition coefficient (Wildman–Crippen LogP) is 0.171. The summed E-state index contributed by atoms with van der Waals surface area (Å²) in [5.74, 6) is 0.00134. The summed E-state index contributed by atoms with van der Waals surface area (Å²) in [5, 5.41) is 8.45. The molecule has 2 N–H and O–H groups in total. The van der Waals surface area contributed by atoms with Crippen LogP contribution in [0.2, 0.25) is 0 Å². The highest BCUT2D eigenvalue weighted by Gasteiger charge is 2.13. The first kappa shape index (κ1) is 9.28. The Labute approximate surface area is 71.2 Å². The summed E-state index contributed by atoms with van der Waals surface area (Å²) in [4.78, 5) is 2.96. The number of aromatic amines is 1. The van der Waals surface area contributed by atoms with Gasteiger partial charge in [0.2, 0.25) is 0 Å². The molecule has 68 valence electrons. The average Bonchev–Trinajstić information content (AvgIpc) is 2.53. The summed E-state index contributed by atoms with van der Waals surface area (Å²) < 4.78 is 22.6. The Morgan fingerprint density at radius 3 is 2.75 bits per heavy atom. The van der Waals surface area contributed by atoms with E-state index in [-0.39, 0.29) is 23.7 Å². The maximum Gasteiger partial charge on any atom is 0.179 e. The molecule has 5 heteroatoms. The van der Waals surface area contributed by atoms with Crippen LogP contribution in [0.25, 0.3) is 0 Å². The molecule has 0 saturated carbocycles. The van der Waals surface area contributed by atoms with Gasteiger partial charge in [-0.2, -0.15) is 0 Å². The minimum absolute atomic E-state index is 0.00134. The fraction of sp³-hybridized carbons (Fsp3) is 0.429. The lowest BCUT2D eigenvalue weighted by atomic mass is 10.5. The van der Waals surface area contributed by atoms with Crippen LogP contribution in [0, 0.1) is 0 Å². The van der Waals surface area contributed by atoms with E-state index in [2.05, 4.69) is 4.98 Å². The van der Waals surface area contributed by atoms with Gasteiger partial charge in [-0.1, -0.05) is 0 Å². The summed E-state index contributed by atoms with van der Waals surface area (Å²) in [5.41, 5.74) is 0. The molecule has 0 bridgehead atoms. The van der Waals surface area contributed by atoms with Crippen molar-refractivity contribution in [3.05, 3.63) is 18.5 Å². The van der Waals surface area contributed by atoms with Crippen LogP contribution < -0.4 is 0 Å². The van der Waals surface area contributed by atoms with E-state index in [0.29, 0.717) is 0 Å². The van der Waals surface area contributed by atoms with Gasteiger partial charge < -0.3 is 10.1 Å². The van der Waals surface area contributed by atoms with Crippen molar-refractivity contribution in [2.75, 3.05) is 12.4 Å². The normalized spacial score (nSPS) is 11.8. The van der Waals surface area contributed by atoms with E-state index in [4.69, 9.17) is 5.11 Å². The molecular formula is C7H11NO3S. The third kappa shape index (κ3) is 2.09. The van der Waals surface area contributed by atoms with Crippen LogP contribution in [0.3, 0.4) is 0 Å². The van der Waals surface area contributed by atoms with Crippen LogP contribution >= 0.6 is 0 Å². The smallest absolute Gasteiger partial charge is 0.179 e. The van der Waals surface area contributed by atoms with Crippen molar-refractivity contribution >= 4 is 9.84 Å². The van der Waals surface area contributed by atoms with Crippen LogP contribution in [0.1, 0.15) is 6.42 Å². The number of rotatable bonds is 4. The zero-order valence-corrected chi connectivity index (χ0v) is 7.34. The quantitative estimate of drug-likeness (QED) is 0.709. The van der Waals surface area contributed by atoms with Crippen molar-refractivity contribution in [1.29, 1.82) is 0 Å². The van der Waals surface area contributed by atoms with Crippen LogP contribution in [0.5, 0.6) is 0 Å². The number of H-pyrrole nitrogens is 1. The molecular weight excluding hydrogens is 178 g/mol. The van der Waals surface area contributed by atoms with Gasteiger partial charge in [-0.05, 0) is 12.5 Å². The van der Waals surface area contributed by atoms with Crippen LogP contribution in [0.4, 0.5) is 0 Å². The van der Waals surface area contributed by atoms with Gasteiger partial charge in [0.05, 0.1) is 10.6 Å². The number of hydrogen-bond donors (Lipinski definition) is 2. The summed E-state index contributed by atoms with van der Waals surface area (Å²) in [7, 11) is -3.17. The summed E-state index contributed by atoms with van der Waals surface area (Å²) >= 11 is 0. The molecule has 1 aromatic rings. The van der Waals surface area contributed by atoms with Gasteiger partial charge in [0, 0.05) is 19.0 Å². The lowest BCUT2D eigenvalue weighted by molar-refractivity contribution is 0.295. The van der Waals surface area contributed by atoms with Gasteiger partial charge in [-0.15, -0.1) is 0 Å². The summed E-state index contributed by atoms with van der Waals surface area (Å²) in [6, 6.07) is 1.51. The fourth-order valence-electron chi connectivity index (χ4n) is 0.874. The molecule has 12 heavy (non-hydrogen) atoms. The standard InChI is InChI=1S/C7H11NO3S/c9-4-1-5-12(10,11)7-2-3-8-6-7/h2-3,6,8-9H,1,4-5H2. The fourth-order valence-corrected chi connectivity index (χ4v) is 2.14. The Kier molecular flexibility index (Phi) is 2.88. The van der Waals surface area contributed by atoms with Crippen molar-refractivity contribution in [3.8, 4) is 0 Å². The molecule has 0 unspecified atom stereocenters. The number of aromatic nitrogens is 1. The molecule has 0 amide bonds. The Bertz CT molecular complexity index is 314. The first-order valence-electron chi connectivity index (χ1n) is 3.63. The first-order valence-corrected chi connectivity index (χ1v) is 5.28. The molecule has 1 rings (SSSR count). The van der Waals surface area contributed by atoms with Crippen molar-refractivity contribution in [2.45, 2.75) is 11.3 Å². The Morgan fingerprint density at radius 1 is 1.50 bits per heavy atom. The van der Waals surface area contributed by atoms with E-state index in [1.807, 2.05) is 0 Å². The minimum atomic E-state index is -3.17. The molecule has 1 heterocycles. The van der Waals surface area contributed by atoms with E-state index in [0.717, 1.165) is 0 Å². The number of hydrogen-bond acceptors (Lipinski definition) is 3. The van der Waals surface area contributed by atoms with Gasteiger partial charge in [-0.3, -0.25) is 0 Å². The lowest BCUT2D eigenvalue weighted by Crippen LogP contribution is -2.07. The third-order valence-electron chi connectivity index (χ3n) is 1.50. The highest BCUT2D eigenvalue weighted by molar-refractivity contribution is 7.91. The number of sulfone groups is 1. The van der Waals surface area contributed by atoms with Crippen molar-refractivity contribution in [2.24, 2.45) is 0 Å². The number of nitrogens with one attached hydrogen (secondary N) is 1. The molecule has 0 fully saturated rings. The molecule has 1 aromatic heterocycles. The molecule has 0 spiro atoms. The molecule has 0 aliphatic rings. The zero-order chi connectivity index (χ0) is 9.03. The molecule has 0 atom stereocenters.